The number of pyridine rings is 2. The Labute approximate surface area is 109 Å². The van der Waals surface area contributed by atoms with Crippen LogP contribution in [0.1, 0.15) is 5.69 Å². The largest absolute Gasteiger partial charge is 0.397 e. The molecule has 0 aromatic carbocycles. The highest BCUT2D eigenvalue weighted by Crippen LogP contribution is 2.17. The molecule has 0 fully saturated rings. The average molecular weight is 263 g/mol. The molecule has 0 aliphatic heterocycles. The lowest BCUT2D eigenvalue weighted by Gasteiger charge is -2.05. The Balaban J connectivity index is 2.01. The first-order chi connectivity index (χ1) is 8.65. The van der Waals surface area contributed by atoms with Crippen molar-refractivity contribution in [1.82, 2.24) is 9.97 Å². The predicted octanol–water partition coefficient (Wildman–Crippen LogP) is 1.89. The summed E-state index contributed by atoms with van der Waals surface area (Å²) in [6, 6.07) is 6.79. The van der Waals surface area contributed by atoms with Gasteiger partial charge in [-0.1, -0.05) is 11.6 Å². The monoisotopic (exact) mass is 262 g/mol. The van der Waals surface area contributed by atoms with Crippen molar-refractivity contribution in [2.45, 2.75) is 6.42 Å². The normalized spacial score (nSPS) is 10.1. The molecular formula is C12H11ClN4O. The Kier molecular flexibility index (Phi) is 3.74. The van der Waals surface area contributed by atoms with Crippen LogP contribution in [0.25, 0.3) is 0 Å². The number of hydrogen-bond acceptors (Lipinski definition) is 4. The summed E-state index contributed by atoms with van der Waals surface area (Å²) in [7, 11) is 0. The van der Waals surface area contributed by atoms with Gasteiger partial charge in [0.05, 0.1) is 24.0 Å². The minimum absolute atomic E-state index is 0.158. The van der Waals surface area contributed by atoms with Crippen LogP contribution in [0.15, 0.2) is 36.7 Å². The minimum Gasteiger partial charge on any atom is -0.397 e. The Morgan fingerprint density at radius 3 is 2.83 bits per heavy atom. The lowest BCUT2D eigenvalue weighted by Crippen LogP contribution is -2.15. The van der Waals surface area contributed by atoms with Crippen LogP contribution in [-0.4, -0.2) is 15.9 Å². The van der Waals surface area contributed by atoms with Crippen molar-refractivity contribution in [3.8, 4) is 0 Å². The van der Waals surface area contributed by atoms with E-state index in [0.29, 0.717) is 17.1 Å². The second-order valence-electron chi connectivity index (χ2n) is 3.65. The Morgan fingerprint density at radius 2 is 2.17 bits per heavy atom. The van der Waals surface area contributed by atoms with Crippen molar-refractivity contribution < 1.29 is 4.79 Å². The van der Waals surface area contributed by atoms with E-state index in [-0.39, 0.29) is 17.5 Å². The number of nitrogen functional groups attached to an aromatic ring is 1. The molecule has 0 atom stereocenters. The number of carbonyl (C=O) groups is 1. The van der Waals surface area contributed by atoms with Gasteiger partial charge >= 0.3 is 0 Å². The molecule has 1 amide bonds. The highest BCUT2D eigenvalue weighted by atomic mass is 35.5. The third kappa shape index (κ3) is 3.18. The maximum atomic E-state index is 11.8. The van der Waals surface area contributed by atoms with Gasteiger partial charge in [0.25, 0.3) is 0 Å². The smallest absolute Gasteiger partial charge is 0.230 e. The Morgan fingerprint density at radius 1 is 1.33 bits per heavy atom. The Hall–Kier alpha value is -2.14. The van der Waals surface area contributed by atoms with E-state index in [2.05, 4.69) is 15.3 Å². The summed E-state index contributed by atoms with van der Waals surface area (Å²) in [6.45, 7) is 0. The van der Waals surface area contributed by atoms with Gasteiger partial charge in [0.1, 0.15) is 0 Å². The van der Waals surface area contributed by atoms with Crippen LogP contribution in [0.2, 0.25) is 5.15 Å². The quantitative estimate of drug-likeness (QED) is 0.828. The SMILES string of the molecule is Nc1ccc(CC(=O)Nc2cccnc2Cl)nc1. The zero-order chi connectivity index (χ0) is 13.0. The highest BCUT2D eigenvalue weighted by molar-refractivity contribution is 6.32. The van der Waals surface area contributed by atoms with Gasteiger partial charge in [0, 0.05) is 11.9 Å². The topological polar surface area (TPSA) is 80.9 Å². The van der Waals surface area contributed by atoms with E-state index >= 15 is 0 Å². The van der Waals surface area contributed by atoms with Gasteiger partial charge in [-0.2, -0.15) is 0 Å². The van der Waals surface area contributed by atoms with Crippen molar-refractivity contribution in [2.75, 3.05) is 11.1 Å². The molecule has 2 rings (SSSR count). The fraction of sp³-hybridized carbons (Fsp3) is 0.0833. The summed E-state index contributed by atoms with van der Waals surface area (Å²) < 4.78 is 0. The van der Waals surface area contributed by atoms with Crippen molar-refractivity contribution in [1.29, 1.82) is 0 Å². The van der Waals surface area contributed by atoms with Gasteiger partial charge in [-0.05, 0) is 24.3 Å². The lowest BCUT2D eigenvalue weighted by molar-refractivity contribution is -0.115. The summed E-state index contributed by atoms with van der Waals surface area (Å²) >= 11 is 5.83. The lowest BCUT2D eigenvalue weighted by atomic mass is 10.2. The maximum absolute atomic E-state index is 11.8. The van der Waals surface area contributed by atoms with Crippen molar-refractivity contribution in [3.63, 3.8) is 0 Å². The molecule has 2 aromatic rings. The highest BCUT2D eigenvalue weighted by Gasteiger charge is 2.07. The van der Waals surface area contributed by atoms with Crippen LogP contribution in [0.3, 0.4) is 0 Å². The molecule has 0 saturated carbocycles. The van der Waals surface area contributed by atoms with E-state index in [9.17, 15) is 4.79 Å². The number of nitrogens with zero attached hydrogens (tertiary/aromatic N) is 2. The van der Waals surface area contributed by atoms with Crippen molar-refractivity contribution >= 4 is 28.9 Å². The molecule has 0 spiro atoms. The first kappa shape index (κ1) is 12.3. The van der Waals surface area contributed by atoms with Crippen LogP contribution in [-0.2, 0) is 11.2 Å². The standard InChI is InChI=1S/C12H11ClN4O/c13-12-10(2-1-5-15-12)17-11(18)6-9-4-3-8(14)7-16-9/h1-5,7H,6,14H2,(H,17,18). The van der Waals surface area contributed by atoms with Gasteiger partial charge in [0.2, 0.25) is 5.91 Å². The fourth-order valence-corrected chi connectivity index (χ4v) is 1.55. The minimum atomic E-state index is -0.206. The van der Waals surface area contributed by atoms with Crippen LogP contribution in [0.4, 0.5) is 11.4 Å². The molecular weight excluding hydrogens is 252 g/mol. The first-order valence-corrected chi connectivity index (χ1v) is 5.64. The first-order valence-electron chi connectivity index (χ1n) is 5.26. The predicted molar refractivity (Wildman–Crippen MR) is 70.2 cm³/mol. The van der Waals surface area contributed by atoms with E-state index in [4.69, 9.17) is 17.3 Å². The van der Waals surface area contributed by atoms with E-state index in [1.165, 1.54) is 6.20 Å². The molecule has 2 heterocycles. The maximum Gasteiger partial charge on any atom is 0.230 e. The van der Waals surface area contributed by atoms with Crippen molar-refractivity contribution in [3.05, 3.63) is 47.5 Å². The molecule has 6 heteroatoms. The van der Waals surface area contributed by atoms with Crippen LogP contribution in [0.5, 0.6) is 0 Å². The third-order valence-electron chi connectivity index (χ3n) is 2.22. The zero-order valence-electron chi connectivity index (χ0n) is 9.43. The Bertz CT molecular complexity index is 556. The molecule has 92 valence electrons. The summed E-state index contributed by atoms with van der Waals surface area (Å²) in [4.78, 5) is 19.7. The number of aromatic nitrogens is 2. The number of carbonyl (C=O) groups excluding carboxylic acids is 1. The number of amides is 1. The number of nitrogens with two attached hydrogens (primary N) is 1. The molecule has 0 aliphatic rings. The van der Waals surface area contributed by atoms with E-state index in [1.54, 1.807) is 30.5 Å². The zero-order valence-corrected chi connectivity index (χ0v) is 10.2. The van der Waals surface area contributed by atoms with E-state index < -0.39 is 0 Å². The van der Waals surface area contributed by atoms with Crippen LogP contribution in [0, 0.1) is 0 Å². The van der Waals surface area contributed by atoms with Crippen LogP contribution < -0.4 is 11.1 Å². The molecule has 2 aromatic heterocycles. The molecule has 0 radical (unpaired) electrons. The molecule has 0 saturated heterocycles. The molecule has 0 aliphatic carbocycles. The number of rotatable bonds is 3. The van der Waals surface area contributed by atoms with Gasteiger partial charge in [-0.3, -0.25) is 9.78 Å². The van der Waals surface area contributed by atoms with Crippen LogP contribution >= 0.6 is 11.6 Å². The molecule has 3 N–H and O–H groups in total. The molecule has 0 bridgehead atoms. The van der Waals surface area contributed by atoms with E-state index in [1.807, 2.05) is 0 Å². The number of nitrogens with one attached hydrogen (secondary N) is 1. The van der Waals surface area contributed by atoms with Gasteiger partial charge < -0.3 is 11.1 Å². The summed E-state index contributed by atoms with van der Waals surface area (Å²) in [5.41, 5.74) is 7.20. The molecule has 0 unspecified atom stereocenters. The molecule has 18 heavy (non-hydrogen) atoms. The number of halogens is 1. The summed E-state index contributed by atoms with van der Waals surface area (Å²) in [5.74, 6) is -0.206. The molecule has 5 nitrogen and oxygen atoms in total. The number of hydrogen-bond donors (Lipinski definition) is 2. The van der Waals surface area contributed by atoms with E-state index in [0.717, 1.165) is 0 Å². The summed E-state index contributed by atoms with van der Waals surface area (Å²) in [5, 5.41) is 2.93. The summed E-state index contributed by atoms with van der Waals surface area (Å²) in [6.07, 6.45) is 3.23. The fourth-order valence-electron chi connectivity index (χ4n) is 1.38. The van der Waals surface area contributed by atoms with Gasteiger partial charge in [-0.15, -0.1) is 0 Å². The van der Waals surface area contributed by atoms with Crippen molar-refractivity contribution in [2.24, 2.45) is 0 Å². The van der Waals surface area contributed by atoms with Gasteiger partial charge in [-0.25, -0.2) is 4.98 Å². The second kappa shape index (κ2) is 5.46. The average Bonchev–Trinajstić information content (AvgIpc) is 2.35. The third-order valence-corrected chi connectivity index (χ3v) is 2.52. The number of anilines is 2. The second-order valence-corrected chi connectivity index (χ2v) is 4.01. The van der Waals surface area contributed by atoms with Gasteiger partial charge in [0.15, 0.2) is 5.15 Å².